The molecule has 0 aromatic rings. The van der Waals surface area contributed by atoms with E-state index in [4.69, 9.17) is 0 Å². The Hall–Kier alpha value is -1.39. The predicted octanol–water partition coefficient (Wildman–Crippen LogP) is 6.74. The van der Waals surface area contributed by atoms with Gasteiger partial charge in [-0.1, -0.05) is 38.2 Å². The summed E-state index contributed by atoms with van der Waals surface area (Å²) in [5, 5.41) is 29.5. The van der Waals surface area contributed by atoms with Crippen LogP contribution >= 0.6 is 0 Å². The maximum atomic E-state index is 14.7. The van der Waals surface area contributed by atoms with Crippen molar-refractivity contribution in [3.63, 3.8) is 0 Å². The molecule has 3 fully saturated rings. The van der Waals surface area contributed by atoms with Crippen molar-refractivity contribution in [1.82, 2.24) is 0 Å². The Morgan fingerprint density at radius 1 is 1.08 bits per heavy atom. The van der Waals surface area contributed by atoms with E-state index in [9.17, 15) is 46.1 Å². The lowest BCUT2D eigenvalue weighted by Crippen LogP contribution is -2.58. The van der Waals surface area contributed by atoms with Crippen molar-refractivity contribution in [1.29, 1.82) is 0 Å². The van der Waals surface area contributed by atoms with Gasteiger partial charge in [-0.05, 0) is 79.3 Å². The molecule has 0 bridgehead atoms. The normalized spacial score (nSPS) is 35.6. The van der Waals surface area contributed by atoms with E-state index in [1.807, 2.05) is 12.2 Å². The van der Waals surface area contributed by atoms with Crippen molar-refractivity contribution in [2.24, 2.45) is 23.2 Å². The van der Waals surface area contributed by atoms with Crippen LogP contribution < -0.4 is 0 Å². The molecule has 3 aliphatic carbocycles. The molecule has 3 N–H and O–H groups in total. The molecule has 212 valence electrons. The van der Waals surface area contributed by atoms with Crippen LogP contribution in [0.2, 0.25) is 0 Å². The van der Waals surface area contributed by atoms with Crippen molar-refractivity contribution in [2.45, 2.75) is 108 Å². The van der Waals surface area contributed by atoms with E-state index in [-0.39, 0.29) is 23.7 Å². The second-order valence-electron chi connectivity index (χ2n) is 11.5. The first kappa shape index (κ1) is 30.2. The first-order valence-electron chi connectivity index (χ1n) is 12.9. The van der Waals surface area contributed by atoms with Gasteiger partial charge in [-0.3, -0.25) is 0 Å². The number of rotatable bonds is 6. The van der Waals surface area contributed by atoms with Crippen LogP contribution in [0.1, 0.15) is 71.6 Å². The zero-order valence-electron chi connectivity index (χ0n) is 21.2. The number of aliphatic hydroxyl groups is 3. The zero-order valence-corrected chi connectivity index (χ0v) is 21.2. The Kier molecular flexibility index (Phi) is 8.67. The van der Waals surface area contributed by atoms with E-state index in [1.165, 1.54) is 5.57 Å². The number of alkyl halides is 7. The number of hydrogen-bond acceptors (Lipinski definition) is 3. The summed E-state index contributed by atoms with van der Waals surface area (Å²) in [4.78, 5) is 0. The second-order valence-corrected chi connectivity index (χ2v) is 11.5. The molecule has 37 heavy (non-hydrogen) atoms. The van der Waals surface area contributed by atoms with Gasteiger partial charge in [0.05, 0.1) is 12.2 Å². The highest BCUT2D eigenvalue weighted by Gasteiger charge is 2.70. The highest BCUT2D eigenvalue weighted by Crippen LogP contribution is 2.60. The van der Waals surface area contributed by atoms with Crippen LogP contribution in [-0.2, 0) is 0 Å². The minimum absolute atomic E-state index is 0.0924. The molecule has 0 spiro atoms. The van der Waals surface area contributed by atoms with Crippen LogP contribution in [0, 0.1) is 23.2 Å². The van der Waals surface area contributed by atoms with Crippen molar-refractivity contribution in [2.75, 3.05) is 0 Å². The Labute approximate surface area is 213 Å². The lowest BCUT2D eigenvalue weighted by molar-refractivity contribution is -0.372. The Morgan fingerprint density at radius 3 is 2.30 bits per heavy atom. The summed E-state index contributed by atoms with van der Waals surface area (Å²) in [7, 11) is 0. The molecule has 10 heteroatoms. The van der Waals surface area contributed by atoms with Gasteiger partial charge in [0.15, 0.2) is 0 Å². The molecule has 3 aliphatic rings. The van der Waals surface area contributed by atoms with E-state index >= 15 is 0 Å². The highest BCUT2D eigenvalue weighted by molar-refractivity contribution is 5.38. The molecular weight excluding hydrogens is 505 g/mol. The van der Waals surface area contributed by atoms with Crippen LogP contribution in [0.15, 0.2) is 35.5 Å². The number of fused-ring (bicyclic) bond motifs is 1. The molecule has 3 saturated carbocycles. The summed E-state index contributed by atoms with van der Waals surface area (Å²) in [6.45, 7) is 7.65. The van der Waals surface area contributed by atoms with Gasteiger partial charge in [0.25, 0.3) is 5.60 Å². The smallest absolute Gasteiger partial charge is 0.393 e. The van der Waals surface area contributed by atoms with Gasteiger partial charge < -0.3 is 15.3 Å². The average Bonchev–Trinajstić information content (AvgIpc) is 3.11. The standard InChI is InChI=1S/C27H37F7O3/c1-15(11-19(28)14-25(37,26(29,30)31)27(32,33)34)21-8-9-22-17(5-4-10-24(21,22)3)6-7-18-12-20(35)13-23(36)16(18)2/h6-7,15,19-23,35-37H,2,4-5,8-14H2,1,3H3/b17-6+,18-7-/t15?,19-,20-,21?,22?,23?,24?/m1/s1. The van der Waals surface area contributed by atoms with Gasteiger partial charge >= 0.3 is 12.4 Å². The van der Waals surface area contributed by atoms with Crippen LogP contribution in [0.25, 0.3) is 0 Å². The molecule has 0 aromatic heterocycles. The molecule has 3 rings (SSSR count). The number of aliphatic hydroxyl groups excluding tert-OH is 2. The Bertz CT molecular complexity index is 893. The maximum Gasteiger partial charge on any atom is 0.426 e. The summed E-state index contributed by atoms with van der Waals surface area (Å²) in [6.07, 6.45) is -10.1. The fourth-order valence-electron chi connectivity index (χ4n) is 7.04. The molecule has 0 aromatic carbocycles. The molecule has 0 radical (unpaired) electrons. The molecule has 0 amide bonds. The van der Waals surface area contributed by atoms with Crippen molar-refractivity contribution in [3.05, 3.63) is 35.5 Å². The highest BCUT2D eigenvalue weighted by atomic mass is 19.4. The lowest BCUT2D eigenvalue weighted by Gasteiger charge is -2.44. The van der Waals surface area contributed by atoms with E-state index in [1.54, 1.807) is 6.92 Å². The fourth-order valence-corrected chi connectivity index (χ4v) is 7.04. The van der Waals surface area contributed by atoms with E-state index in [2.05, 4.69) is 13.5 Å². The number of allylic oxidation sites excluding steroid dienone is 3. The van der Waals surface area contributed by atoms with Gasteiger partial charge in [0.1, 0.15) is 6.17 Å². The minimum atomic E-state index is -6.03. The largest absolute Gasteiger partial charge is 0.426 e. The molecule has 0 aliphatic heterocycles. The molecule has 5 unspecified atom stereocenters. The van der Waals surface area contributed by atoms with Crippen LogP contribution in [0.5, 0.6) is 0 Å². The minimum Gasteiger partial charge on any atom is -0.393 e. The quantitative estimate of drug-likeness (QED) is 0.326. The van der Waals surface area contributed by atoms with E-state index in [0.717, 1.165) is 31.3 Å². The predicted molar refractivity (Wildman–Crippen MR) is 125 cm³/mol. The molecule has 3 nitrogen and oxygen atoms in total. The summed E-state index contributed by atoms with van der Waals surface area (Å²) in [5.74, 6) is -0.431. The van der Waals surface area contributed by atoms with Crippen LogP contribution in [0.4, 0.5) is 30.7 Å². The fraction of sp³-hybridized carbons (Fsp3) is 0.778. The molecule has 0 heterocycles. The van der Waals surface area contributed by atoms with Gasteiger partial charge in [-0.15, -0.1) is 0 Å². The third kappa shape index (κ3) is 5.96. The first-order chi connectivity index (χ1) is 16.9. The SMILES string of the molecule is C=C1/C(=C\C=C2/CCCC3(C)C2CCC3C(C)C[C@@H](F)CC(O)(C(F)(F)F)C(F)(F)F)C[C@@H](O)CC1O. The van der Waals surface area contributed by atoms with E-state index in [0.29, 0.717) is 18.4 Å². The van der Waals surface area contributed by atoms with Gasteiger partial charge in [-0.25, -0.2) is 4.39 Å². The second kappa shape index (κ2) is 10.6. The molecule has 7 atom stereocenters. The van der Waals surface area contributed by atoms with Gasteiger partial charge in [-0.2, -0.15) is 26.3 Å². The summed E-state index contributed by atoms with van der Waals surface area (Å²) in [5.41, 5.74) is -2.85. The third-order valence-electron chi connectivity index (χ3n) is 9.07. The maximum absolute atomic E-state index is 14.7. The third-order valence-corrected chi connectivity index (χ3v) is 9.07. The Morgan fingerprint density at radius 2 is 1.70 bits per heavy atom. The average molecular weight is 543 g/mol. The lowest BCUT2D eigenvalue weighted by atomic mass is 9.60. The number of halogens is 7. The topological polar surface area (TPSA) is 60.7 Å². The van der Waals surface area contributed by atoms with E-state index < -0.39 is 55.1 Å². The monoisotopic (exact) mass is 542 g/mol. The van der Waals surface area contributed by atoms with Crippen molar-refractivity contribution in [3.8, 4) is 0 Å². The zero-order chi connectivity index (χ0) is 28.0. The molecule has 0 saturated heterocycles. The summed E-state index contributed by atoms with van der Waals surface area (Å²) >= 11 is 0. The van der Waals surface area contributed by atoms with Crippen molar-refractivity contribution >= 4 is 0 Å². The Balaban J connectivity index is 1.73. The first-order valence-corrected chi connectivity index (χ1v) is 12.9. The summed E-state index contributed by atoms with van der Waals surface area (Å²) < 4.78 is 92.8. The van der Waals surface area contributed by atoms with Gasteiger partial charge in [0.2, 0.25) is 0 Å². The van der Waals surface area contributed by atoms with Crippen molar-refractivity contribution < 1.29 is 46.1 Å². The van der Waals surface area contributed by atoms with Crippen LogP contribution in [0.3, 0.4) is 0 Å². The summed E-state index contributed by atoms with van der Waals surface area (Å²) in [6, 6.07) is 0. The van der Waals surface area contributed by atoms with Gasteiger partial charge in [0, 0.05) is 12.8 Å². The molecular formula is C27H37F7O3. The number of hydrogen-bond donors (Lipinski definition) is 3. The van der Waals surface area contributed by atoms with Crippen LogP contribution in [-0.4, -0.2) is 51.7 Å².